The van der Waals surface area contributed by atoms with Crippen LogP contribution in [0.15, 0.2) is 113 Å². The van der Waals surface area contributed by atoms with Crippen molar-refractivity contribution in [3.05, 3.63) is 152 Å². The van der Waals surface area contributed by atoms with Gasteiger partial charge in [0.25, 0.3) is 11.1 Å². The molecule has 11 rings (SSSR count). The zero-order valence-corrected chi connectivity index (χ0v) is 35.8. The number of hydrogen-bond acceptors (Lipinski definition) is 14. The van der Waals surface area contributed by atoms with Crippen LogP contribution in [0.1, 0.15) is 27.8 Å². The van der Waals surface area contributed by atoms with Crippen molar-refractivity contribution < 1.29 is 23.7 Å². The molecule has 7 aromatic rings. The number of aromatic nitrogens is 5. The lowest BCUT2D eigenvalue weighted by atomic mass is 9.99. The summed E-state index contributed by atoms with van der Waals surface area (Å²) in [4.78, 5) is 48.3. The molecule has 16 heteroatoms. The van der Waals surface area contributed by atoms with E-state index in [1.54, 1.807) is 37.8 Å². The Bertz CT molecular complexity index is 3000. The van der Waals surface area contributed by atoms with Gasteiger partial charge < -0.3 is 54.5 Å². The van der Waals surface area contributed by atoms with Crippen molar-refractivity contribution in [1.29, 1.82) is 0 Å². The third kappa shape index (κ3) is 9.07. The SMILES string of the molecule is COc1cncc(CNc2ccc3c(c2)Cc2ccnc(-c4cc(N5CCOCC5)cc(=O)[nH]4)c2O3)c1.Nc1ccc2c(c1)Cc1ccnc(-c3cc(N4CCOCC4)cc(=O)[nH]3)c1O2. The molecule has 4 aliphatic heterocycles. The highest BCUT2D eigenvalue weighted by Crippen LogP contribution is 2.44. The Morgan fingerprint density at radius 2 is 1.22 bits per heavy atom. The fraction of sp³-hybridized carbons (Fsp3) is 0.245. The molecule has 0 bridgehead atoms. The van der Waals surface area contributed by atoms with Gasteiger partial charge in [-0.25, -0.2) is 0 Å². The molecule has 2 saturated heterocycles. The number of anilines is 4. The van der Waals surface area contributed by atoms with Crippen LogP contribution in [0, 0.1) is 0 Å². The van der Waals surface area contributed by atoms with E-state index < -0.39 is 0 Å². The summed E-state index contributed by atoms with van der Waals surface area (Å²) in [5, 5.41) is 3.45. The number of H-pyrrole nitrogens is 2. The van der Waals surface area contributed by atoms with Crippen LogP contribution in [-0.2, 0) is 28.9 Å². The maximum atomic E-state index is 12.5. The zero-order chi connectivity index (χ0) is 44.3. The van der Waals surface area contributed by atoms with Crippen LogP contribution in [0.4, 0.5) is 22.7 Å². The van der Waals surface area contributed by atoms with Crippen LogP contribution in [0.5, 0.6) is 28.7 Å². The number of fused-ring (bicyclic) bond motifs is 4. The largest absolute Gasteiger partial charge is 0.495 e. The second kappa shape index (κ2) is 18.2. The number of hydrogen-bond donors (Lipinski definition) is 4. The molecule has 0 aliphatic carbocycles. The molecular weight excluding hydrogens is 827 g/mol. The minimum absolute atomic E-state index is 0.164. The number of morpholine rings is 2. The van der Waals surface area contributed by atoms with E-state index in [0.29, 0.717) is 85.8 Å². The minimum Gasteiger partial charge on any atom is -0.495 e. The molecule has 330 valence electrons. The van der Waals surface area contributed by atoms with Gasteiger partial charge in [-0.1, -0.05) is 0 Å². The molecule has 5 N–H and O–H groups in total. The maximum Gasteiger partial charge on any atom is 0.250 e. The summed E-state index contributed by atoms with van der Waals surface area (Å²) < 4.78 is 28.7. The predicted octanol–water partition coefficient (Wildman–Crippen LogP) is 6.54. The summed E-state index contributed by atoms with van der Waals surface area (Å²) in [5.74, 6) is 3.63. The lowest BCUT2D eigenvalue weighted by Gasteiger charge is -2.29. The van der Waals surface area contributed by atoms with E-state index >= 15 is 0 Å². The smallest absolute Gasteiger partial charge is 0.250 e. The molecule has 0 atom stereocenters. The van der Waals surface area contributed by atoms with Gasteiger partial charge in [-0.15, -0.1) is 0 Å². The molecule has 16 nitrogen and oxygen atoms in total. The lowest BCUT2D eigenvalue weighted by molar-refractivity contribution is 0.122. The second-order valence-electron chi connectivity index (χ2n) is 16.1. The lowest BCUT2D eigenvalue weighted by Crippen LogP contribution is -2.36. The first kappa shape index (κ1) is 41.3. The highest BCUT2D eigenvalue weighted by atomic mass is 16.5. The molecule has 2 fully saturated rings. The van der Waals surface area contributed by atoms with Gasteiger partial charge in [0.2, 0.25) is 0 Å². The number of benzene rings is 2. The number of pyridine rings is 5. The van der Waals surface area contributed by atoms with Gasteiger partial charge in [0.1, 0.15) is 28.6 Å². The molecule has 0 radical (unpaired) electrons. The first-order chi connectivity index (χ1) is 31.8. The van der Waals surface area contributed by atoms with Gasteiger partial charge in [0.15, 0.2) is 11.5 Å². The van der Waals surface area contributed by atoms with Crippen LogP contribution in [0.2, 0.25) is 0 Å². The van der Waals surface area contributed by atoms with Crippen molar-refractivity contribution in [2.75, 3.05) is 80.6 Å². The third-order valence-electron chi connectivity index (χ3n) is 11.7. The average molecular weight is 874 g/mol. The fourth-order valence-electron chi connectivity index (χ4n) is 8.46. The van der Waals surface area contributed by atoms with E-state index in [9.17, 15) is 9.59 Å². The van der Waals surface area contributed by atoms with E-state index in [-0.39, 0.29) is 11.1 Å². The number of aromatic amines is 2. The first-order valence-electron chi connectivity index (χ1n) is 21.5. The van der Waals surface area contributed by atoms with Crippen molar-refractivity contribution in [1.82, 2.24) is 24.9 Å². The number of nitrogens with one attached hydrogen (secondary N) is 3. The van der Waals surface area contributed by atoms with Gasteiger partial charge in [-0.3, -0.25) is 24.5 Å². The molecule has 0 spiro atoms. The molecular formula is C49H47N9O7. The molecule has 4 aliphatic rings. The van der Waals surface area contributed by atoms with Crippen molar-refractivity contribution >= 4 is 22.7 Å². The van der Waals surface area contributed by atoms with E-state index in [4.69, 9.17) is 29.4 Å². The van der Waals surface area contributed by atoms with Crippen molar-refractivity contribution in [2.45, 2.75) is 19.4 Å². The molecule has 5 aromatic heterocycles. The highest BCUT2D eigenvalue weighted by Gasteiger charge is 2.25. The third-order valence-corrected chi connectivity index (χ3v) is 11.7. The van der Waals surface area contributed by atoms with Crippen LogP contribution < -0.4 is 46.2 Å². The van der Waals surface area contributed by atoms with Crippen LogP contribution >= 0.6 is 0 Å². The molecule has 2 aromatic carbocycles. The number of methoxy groups -OCH3 is 1. The molecule has 0 saturated carbocycles. The number of nitrogen functional groups attached to an aromatic ring is 1. The molecule has 9 heterocycles. The highest BCUT2D eigenvalue weighted by molar-refractivity contribution is 5.72. The van der Waals surface area contributed by atoms with Crippen LogP contribution in [-0.4, -0.2) is 84.6 Å². The summed E-state index contributed by atoms with van der Waals surface area (Å²) in [6.07, 6.45) is 8.42. The number of ether oxygens (including phenoxy) is 5. The molecule has 65 heavy (non-hydrogen) atoms. The summed E-state index contributed by atoms with van der Waals surface area (Å²) in [7, 11) is 1.63. The van der Waals surface area contributed by atoms with Crippen LogP contribution in [0.25, 0.3) is 22.8 Å². The Morgan fingerprint density at radius 3 is 1.78 bits per heavy atom. The van der Waals surface area contributed by atoms with Crippen molar-refractivity contribution in [2.24, 2.45) is 0 Å². The Kier molecular flexibility index (Phi) is 11.6. The summed E-state index contributed by atoms with van der Waals surface area (Å²) in [6.45, 7) is 6.25. The normalized spacial score (nSPS) is 14.8. The minimum atomic E-state index is -0.170. The van der Waals surface area contributed by atoms with Gasteiger partial charge >= 0.3 is 0 Å². The van der Waals surface area contributed by atoms with Gasteiger partial charge in [-0.05, 0) is 72.3 Å². The first-order valence-corrected chi connectivity index (χ1v) is 21.5. The molecule has 0 unspecified atom stereocenters. The van der Waals surface area contributed by atoms with E-state index in [1.165, 1.54) is 0 Å². The Morgan fingerprint density at radius 1 is 0.662 bits per heavy atom. The zero-order valence-electron chi connectivity index (χ0n) is 35.8. The maximum absolute atomic E-state index is 12.5. The van der Waals surface area contributed by atoms with Crippen molar-refractivity contribution in [3.8, 4) is 51.5 Å². The summed E-state index contributed by atoms with van der Waals surface area (Å²) >= 11 is 0. The predicted molar refractivity (Wildman–Crippen MR) is 248 cm³/mol. The summed E-state index contributed by atoms with van der Waals surface area (Å²) in [5.41, 5.74) is 16.7. The topological polar surface area (TPSA) is 195 Å². The van der Waals surface area contributed by atoms with E-state index in [2.05, 4.69) is 46.1 Å². The second-order valence-corrected chi connectivity index (χ2v) is 16.1. The number of rotatable bonds is 8. The van der Waals surface area contributed by atoms with Crippen molar-refractivity contribution in [3.63, 3.8) is 0 Å². The monoisotopic (exact) mass is 873 g/mol. The Labute approximate surface area is 374 Å². The Balaban J connectivity index is 0.000000159. The fourth-order valence-corrected chi connectivity index (χ4v) is 8.46. The average Bonchev–Trinajstić information content (AvgIpc) is 3.34. The van der Waals surface area contributed by atoms with E-state index in [1.807, 2.05) is 66.9 Å². The molecule has 0 amide bonds. The van der Waals surface area contributed by atoms with Gasteiger partial charge in [0.05, 0.1) is 51.1 Å². The van der Waals surface area contributed by atoms with Gasteiger partial charge in [-0.2, -0.15) is 0 Å². The quantitative estimate of drug-likeness (QED) is 0.120. The summed E-state index contributed by atoms with van der Waals surface area (Å²) in [6, 6.07) is 24.7. The van der Waals surface area contributed by atoms with Crippen LogP contribution in [0.3, 0.4) is 0 Å². The Hall–Kier alpha value is -7.69. The van der Waals surface area contributed by atoms with Gasteiger partial charge in [0, 0.05) is 121 Å². The van der Waals surface area contributed by atoms with E-state index in [0.717, 1.165) is 88.3 Å². The standard InChI is InChI=1S/C28H27N5O4.C21H20N4O3/c1-35-23-10-18(15-29-17-23)16-31-21-2-3-25-20(12-21)11-19-4-5-30-27(28(19)37-25)24-13-22(14-26(34)32-24)33-6-8-36-9-7-33;22-15-1-2-18-14(10-15)9-13-3-4-23-20(21(13)28-18)17-11-16(12-19(26)24-17)25-5-7-27-8-6-25/h2-5,10,12-15,17,31H,6-9,11,16H2,1H3,(H,32,34);1-4,10-12H,5-9,22H2,(H,24,26). The number of nitrogens with zero attached hydrogens (tertiary/aromatic N) is 5. The number of nitrogens with two attached hydrogens (primary N) is 1.